The molecular formula is C8H15BF4N2. The number of unbranched alkanes of at least 4 members (excludes halogenated alkanes) is 1. The number of nitrogens with one attached hydrogen (secondary N) is 1. The van der Waals surface area contributed by atoms with Gasteiger partial charge in [-0.15, -0.1) is 0 Å². The van der Waals surface area contributed by atoms with Crippen LogP contribution in [0.25, 0.3) is 0 Å². The van der Waals surface area contributed by atoms with Crippen LogP contribution in [-0.2, 0) is 13.5 Å². The summed E-state index contributed by atoms with van der Waals surface area (Å²) in [6.45, 7) is 2.21. The molecule has 0 radical (unpaired) electrons. The molecule has 1 aromatic heterocycles. The zero-order valence-corrected chi connectivity index (χ0v) is 8.81. The SMILES string of the molecule is CCCCc1c[nH]c[n+]1C.F[B-](F)(F)F. The summed E-state index contributed by atoms with van der Waals surface area (Å²) >= 11 is 0. The fourth-order valence-corrected chi connectivity index (χ4v) is 1.04. The third-order valence-corrected chi connectivity index (χ3v) is 1.76. The number of rotatable bonds is 3. The third-order valence-electron chi connectivity index (χ3n) is 1.76. The second-order valence-electron chi connectivity index (χ2n) is 3.14. The van der Waals surface area contributed by atoms with Crippen molar-refractivity contribution in [3.8, 4) is 0 Å². The summed E-state index contributed by atoms with van der Waals surface area (Å²) in [6.07, 6.45) is 7.79. The molecule has 7 heteroatoms. The molecule has 0 saturated heterocycles. The van der Waals surface area contributed by atoms with Gasteiger partial charge in [-0.05, 0) is 6.42 Å². The Kier molecular flexibility index (Phi) is 6.04. The van der Waals surface area contributed by atoms with Gasteiger partial charge in [-0.2, -0.15) is 0 Å². The maximum Gasteiger partial charge on any atom is 0.673 e. The molecule has 0 unspecified atom stereocenters. The molecule has 2 nitrogen and oxygen atoms in total. The lowest BCUT2D eigenvalue weighted by atomic mass is 10.2. The van der Waals surface area contributed by atoms with E-state index in [2.05, 4.69) is 29.7 Å². The normalized spacial score (nSPS) is 10.8. The molecule has 1 heterocycles. The lowest BCUT2D eigenvalue weighted by Crippen LogP contribution is -2.29. The van der Waals surface area contributed by atoms with Crippen LogP contribution in [0, 0.1) is 0 Å². The molecule has 0 spiro atoms. The van der Waals surface area contributed by atoms with Crippen molar-refractivity contribution < 1.29 is 21.8 Å². The molecule has 88 valence electrons. The molecular weight excluding hydrogens is 211 g/mol. The highest BCUT2D eigenvalue weighted by Gasteiger charge is 2.20. The minimum Gasteiger partial charge on any atom is -0.418 e. The molecule has 1 N–H and O–H groups in total. The zero-order valence-electron chi connectivity index (χ0n) is 8.81. The van der Waals surface area contributed by atoms with Crippen molar-refractivity contribution in [2.45, 2.75) is 26.2 Å². The summed E-state index contributed by atoms with van der Waals surface area (Å²) < 4.78 is 41.1. The molecule has 0 amide bonds. The van der Waals surface area contributed by atoms with Gasteiger partial charge in [0, 0.05) is 6.42 Å². The van der Waals surface area contributed by atoms with E-state index in [1.165, 1.54) is 25.0 Å². The standard InChI is InChI=1S/C8H14N2.BF4/c1-3-4-5-8-6-9-7-10(8)2;2-1(3,4)5/h6-7H,3-5H2,1-2H3;/q;-1/p+1. The molecule has 0 aliphatic heterocycles. The van der Waals surface area contributed by atoms with Crippen molar-refractivity contribution in [3.05, 3.63) is 18.2 Å². The van der Waals surface area contributed by atoms with Crippen LogP contribution in [0.3, 0.4) is 0 Å². The summed E-state index contributed by atoms with van der Waals surface area (Å²) in [5.74, 6) is 0. The Hall–Kier alpha value is -1.01. The molecule has 0 fully saturated rings. The Labute approximate surface area is 86.4 Å². The number of aryl methyl sites for hydroxylation is 2. The molecule has 0 atom stereocenters. The second kappa shape index (κ2) is 6.47. The van der Waals surface area contributed by atoms with Crippen molar-refractivity contribution in [2.75, 3.05) is 0 Å². The number of H-pyrrole nitrogens is 1. The first-order chi connectivity index (χ1) is 6.84. The second-order valence-corrected chi connectivity index (χ2v) is 3.14. The van der Waals surface area contributed by atoms with Gasteiger partial charge < -0.3 is 17.3 Å². The largest absolute Gasteiger partial charge is 0.673 e. The fraction of sp³-hybridized carbons (Fsp3) is 0.625. The van der Waals surface area contributed by atoms with Gasteiger partial charge in [-0.3, -0.25) is 0 Å². The molecule has 0 bridgehead atoms. The average Bonchev–Trinajstić information content (AvgIpc) is 2.45. The van der Waals surface area contributed by atoms with Crippen LogP contribution in [0.15, 0.2) is 12.5 Å². The monoisotopic (exact) mass is 226 g/mol. The summed E-state index contributed by atoms with van der Waals surface area (Å²) in [5, 5.41) is 0. The van der Waals surface area contributed by atoms with Gasteiger partial charge in [0.25, 0.3) is 0 Å². The van der Waals surface area contributed by atoms with Crippen LogP contribution in [0.4, 0.5) is 17.3 Å². The van der Waals surface area contributed by atoms with E-state index < -0.39 is 7.25 Å². The van der Waals surface area contributed by atoms with Crippen molar-refractivity contribution in [1.82, 2.24) is 4.98 Å². The summed E-state index contributed by atoms with van der Waals surface area (Å²) in [5.41, 5.74) is 1.39. The molecule has 0 aliphatic carbocycles. The Morgan fingerprint density at radius 1 is 1.33 bits per heavy atom. The maximum absolute atomic E-state index is 9.75. The van der Waals surface area contributed by atoms with Crippen molar-refractivity contribution in [3.63, 3.8) is 0 Å². The van der Waals surface area contributed by atoms with Gasteiger partial charge in [-0.25, -0.2) is 9.55 Å². The topological polar surface area (TPSA) is 19.7 Å². The van der Waals surface area contributed by atoms with Crippen molar-refractivity contribution in [1.29, 1.82) is 0 Å². The van der Waals surface area contributed by atoms with Crippen LogP contribution in [0.1, 0.15) is 25.5 Å². The lowest BCUT2D eigenvalue weighted by Gasteiger charge is -1.94. The van der Waals surface area contributed by atoms with E-state index in [1.54, 1.807) is 0 Å². The predicted octanol–water partition coefficient (Wildman–Crippen LogP) is 2.48. The number of aromatic nitrogens is 2. The van der Waals surface area contributed by atoms with E-state index in [4.69, 9.17) is 0 Å². The Morgan fingerprint density at radius 2 is 1.87 bits per heavy atom. The van der Waals surface area contributed by atoms with E-state index in [-0.39, 0.29) is 0 Å². The quantitative estimate of drug-likeness (QED) is 0.464. The number of hydrogen-bond donors (Lipinski definition) is 1. The van der Waals surface area contributed by atoms with Gasteiger partial charge in [0.2, 0.25) is 6.33 Å². The maximum atomic E-state index is 9.75. The molecule has 0 aromatic carbocycles. The highest BCUT2D eigenvalue weighted by Crippen LogP contribution is 2.06. The molecule has 0 aliphatic rings. The van der Waals surface area contributed by atoms with Gasteiger partial charge >= 0.3 is 7.25 Å². The summed E-state index contributed by atoms with van der Waals surface area (Å²) in [4.78, 5) is 3.07. The van der Waals surface area contributed by atoms with E-state index in [9.17, 15) is 17.3 Å². The van der Waals surface area contributed by atoms with Crippen molar-refractivity contribution in [2.24, 2.45) is 7.05 Å². The highest BCUT2D eigenvalue weighted by atomic mass is 19.5. The van der Waals surface area contributed by atoms with E-state index in [0.29, 0.717) is 0 Å². The van der Waals surface area contributed by atoms with Crippen LogP contribution in [0.2, 0.25) is 0 Å². The molecule has 1 aromatic rings. The van der Waals surface area contributed by atoms with Crippen LogP contribution < -0.4 is 4.57 Å². The van der Waals surface area contributed by atoms with Crippen LogP contribution >= 0.6 is 0 Å². The Balaban J connectivity index is 0.000000336. The van der Waals surface area contributed by atoms with Crippen molar-refractivity contribution >= 4 is 7.25 Å². The summed E-state index contributed by atoms with van der Waals surface area (Å²) in [6, 6.07) is 0. The summed E-state index contributed by atoms with van der Waals surface area (Å²) in [7, 11) is -3.93. The van der Waals surface area contributed by atoms with E-state index >= 15 is 0 Å². The molecule has 1 rings (SSSR count). The lowest BCUT2D eigenvalue weighted by molar-refractivity contribution is -0.677. The Bertz CT molecular complexity index is 266. The minimum absolute atomic E-state index is 1.19. The van der Waals surface area contributed by atoms with Crippen LogP contribution in [0.5, 0.6) is 0 Å². The van der Waals surface area contributed by atoms with E-state index in [1.807, 2.05) is 6.33 Å². The number of halogens is 4. The first-order valence-corrected chi connectivity index (χ1v) is 4.73. The fourth-order valence-electron chi connectivity index (χ4n) is 1.04. The Morgan fingerprint density at radius 3 is 2.20 bits per heavy atom. The molecule has 15 heavy (non-hydrogen) atoms. The third kappa shape index (κ3) is 9.30. The zero-order chi connectivity index (χ0) is 11.9. The number of hydrogen-bond acceptors (Lipinski definition) is 0. The first-order valence-electron chi connectivity index (χ1n) is 4.73. The number of imidazole rings is 1. The molecule has 0 saturated carbocycles. The highest BCUT2D eigenvalue weighted by molar-refractivity contribution is 6.50. The van der Waals surface area contributed by atoms with Gasteiger partial charge in [-0.1, -0.05) is 13.3 Å². The average molecular weight is 226 g/mol. The number of nitrogens with zero attached hydrogens (tertiary/aromatic N) is 1. The van der Waals surface area contributed by atoms with Gasteiger partial charge in [0.05, 0.1) is 7.05 Å². The minimum atomic E-state index is -6.00. The smallest absolute Gasteiger partial charge is 0.418 e. The van der Waals surface area contributed by atoms with Gasteiger partial charge in [0.1, 0.15) is 11.9 Å². The van der Waals surface area contributed by atoms with Crippen LogP contribution in [-0.4, -0.2) is 12.2 Å². The number of aromatic amines is 1. The van der Waals surface area contributed by atoms with Gasteiger partial charge in [0.15, 0.2) is 0 Å². The first kappa shape index (κ1) is 14.0. The van der Waals surface area contributed by atoms with E-state index in [0.717, 1.165) is 0 Å². The predicted molar refractivity (Wildman–Crippen MR) is 50.8 cm³/mol.